The van der Waals surface area contributed by atoms with Gasteiger partial charge in [0.15, 0.2) is 6.61 Å². The zero-order valence-electron chi connectivity index (χ0n) is 14.9. The van der Waals surface area contributed by atoms with Gasteiger partial charge in [-0.25, -0.2) is 9.97 Å². The highest BCUT2D eigenvalue weighted by atomic mass is 32.1. The van der Waals surface area contributed by atoms with E-state index in [0.29, 0.717) is 5.88 Å². The fourth-order valence-electron chi connectivity index (χ4n) is 3.53. The molecular formula is C20H21N3O2S. The van der Waals surface area contributed by atoms with Crippen LogP contribution in [0.25, 0.3) is 10.2 Å². The number of carbonyl (C=O) groups excluding carboxylic acids is 1. The summed E-state index contributed by atoms with van der Waals surface area (Å²) >= 11 is 1.62. The van der Waals surface area contributed by atoms with Crippen molar-refractivity contribution in [3.8, 4) is 5.88 Å². The molecule has 0 saturated heterocycles. The zero-order chi connectivity index (χ0) is 18.1. The van der Waals surface area contributed by atoms with Crippen LogP contribution in [0.3, 0.4) is 0 Å². The summed E-state index contributed by atoms with van der Waals surface area (Å²) < 4.78 is 5.75. The Labute approximate surface area is 156 Å². The molecule has 0 saturated carbocycles. The molecule has 1 N–H and O–H groups in total. The van der Waals surface area contributed by atoms with E-state index < -0.39 is 0 Å². The first-order valence-electron chi connectivity index (χ1n) is 8.84. The van der Waals surface area contributed by atoms with Gasteiger partial charge in [-0.05, 0) is 49.8 Å². The van der Waals surface area contributed by atoms with Crippen LogP contribution in [0, 0.1) is 13.8 Å². The topological polar surface area (TPSA) is 64.1 Å². The van der Waals surface area contributed by atoms with E-state index in [1.807, 2.05) is 13.0 Å². The molecule has 1 aliphatic carbocycles. The first-order chi connectivity index (χ1) is 12.6. The van der Waals surface area contributed by atoms with Crippen LogP contribution in [0.15, 0.2) is 30.6 Å². The maximum atomic E-state index is 12.4. The number of aryl methyl sites for hydroxylation is 3. The van der Waals surface area contributed by atoms with Crippen LogP contribution >= 0.6 is 11.3 Å². The van der Waals surface area contributed by atoms with Gasteiger partial charge in [0.05, 0.1) is 11.4 Å². The van der Waals surface area contributed by atoms with Crippen molar-refractivity contribution in [3.05, 3.63) is 52.2 Å². The van der Waals surface area contributed by atoms with Gasteiger partial charge < -0.3 is 10.1 Å². The minimum Gasteiger partial charge on any atom is -0.467 e. The molecule has 0 aliphatic heterocycles. The van der Waals surface area contributed by atoms with Gasteiger partial charge in [0.25, 0.3) is 5.91 Å². The highest BCUT2D eigenvalue weighted by Crippen LogP contribution is 2.33. The highest BCUT2D eigenvalue weighted by molar-refractivity contribution is 7.18. The molecule has 5 nitrogen and oxygen atoms in total. The summed E-state index contributed by atoms with van der Waals surface area (Å²) in [7, 11) is 0. The predicted octanol–water partition coefficient (Wildman–Crippen LogP) is 3.88. The highest BCUT2D eigenvalue weighted by Gasteiger charge is 2.22. The number of amides is 1. The second kappa shape index (κ2) is 7.03. The van der Waals surface area contributed by atoms with Crippen molar-refractivity contribution in [3.63, 3.8) is 0 Å². The van der Waals surface area contributed by atoms with Crippen molar-refractivity contribution in [1.82, 2.24) is 15.3 Å². The summed E-state index contributed by atoms with van der Waals surface area (Å²) in [5.74, 6) is 0.360. The van der Waals surface area contributed by atoms with Crippen LogP contribution in [0.5, 0.6) is 5.88 Å². The molecule has 1 aliphatic rings. The molecular weight excluding hydrogens is 346 g/mol. The maximum Gasteiger partial charge on any atom is 0.258 e. The Balaban J connectivity index is 1.46. The number of fused-ring (bicyclic) bond motifs is 2. The van der Waals surface area contributed by atoms with Gasteiger partial charge in [0.2, 0.25) is 5.88 Å². The largest absolute Gasteiger partial charge is 0.467 e. The molecule has 0 bridgehead atoms. The average Bonchev–Trinajstić information content (AvgIpc) is 2.95. The van der Waals surface area contributed by atoms with Gasteiger partial charge >= 0.3 is 0 Å². The van der Waals surface area contributed by atoms with Crippen LogP contribution in [0.2, 0.25) is 0 Å². The summed E-state index contributed by atoms with van der Waals surface area (Å²) in [6.45, 7) is 4.04. The fourth-order valence-corrected chi connectivity index (χ4v) is 4.52. The standard InChI is InChI=1S/C20H21N3O2S/c1-12-13(2)26-20-18(12)19(21-11-22-20)25-10-17(24)23-16-9-5-7-14-6-3-4-8-15(14)16/h3-4,6,8,11,16H,5,7,9-10H2,1-2H3,(H,23,24). The Morgan fingerprint density at radius 1 is 1.31 bits per heavy atom. The Kier molecular flexibility index (Phi) is 4.59. The van der Waals surface area contributed by atoms with E-state index in [1.165, 1.54) is 22.3 Å². The van der Waals surface area contributed by atoms with Crippen molar-refractivity contribution in [2.45, 2.75) is 39.2 Å². The summed E-state index contributed by atoms with van der Waals surface area (Å²) in [6, 6.07) is 8.39. The molecule has 6 heteroatoms. The van der Waals surface area contributed by atoms with Crippen molar-refractivity contribution in [1.29, 1.82) is 0 Å². The normalized spacial score (nSPS) is 16.3. The van der Waals surface area contributed by atoms with E-state index in [1.54, 1.807) is 11.3 Å². The molecule has 1 amide bonds. The third-order valence-corrected chi connectivity index (χ3v) is 6.09. The molecule has 26 heavy (non-hydrogen) atoms. The molecule has 1 unspecified atom stereocenters. The van der Waals surface area contributed by atoms with Gasteiger partial charge in [-0.1, -0.05) is 24.3 Å². The lowest BCUT2D eigenvalue weighted by Crippen LogP contribution is -2.34. The molecule has 0 radical (unpaired) electrons. The Bertz CT molecular complexity index is 967. The van der Waals surface area contributed by atoms with Crippen LogP contribution in [-0.2, 0) is 11.2 Å². The minimum absolute atomic E-state index is 0.0425. The van der Waals surface area contributed by atoms with Crippen LogP contribution in [0.1, 0.15) is 40.5 Å². The Morgan fingerprint density at radius 3 is 3.04 bits per heavy atom. The smallest absolute Gasteiger partial charge is 0.258 e. The molecule has 134 valence electrons. The summed E-state index contributed by atoms with van der Waals surface area (Å²) in [5, 5.41) is 4.02. The van der Waals surface area contributed by atoms with Gasteiger partial charge in [-0.2, -0.15) is 0 Å². The predicted molar refractivity (Wildman–Crippen MR) is 103 cm³/mol. The molecule has 1 atom stereocenters. The summed E-state index contributed by atoms with van der Waals surface area (Å²) in [5.41, 5.74) is 3.66. The van der Waals surface area contributed by atoms with Crippen LogP contribution in [-0.4, -0.2) is 22.5 Å². The first-order valence-corrected chi connectivity index (χ1v) is 9.66. The van der Waals surface area contributed by atoms with Crippen molar-refractivity contribution in [2.24, 2.45) is 0 Å². The summed E-state index contributed by atoms with van der Waals surface area (Å²) in [4.78, 5) is 23.1. The number of thiophene rings is 1. The molecule has 2 aromatic heterocycles. The van der Waals surface area contributed by atoms with Crippen molar-refractivity contribution in [2.75, 3.05) is 6.61 Å². The van der Waals surface area contributed by atoms with Crippen molar-refractivity contribution < 1.29 is 9.53 Å². The second-order valence-electron chi connectivity index (χ2n) is 6.64. The molecule has 3 aromatic rings. The SMILES string of the molecule is Cc1sc2ncnc(OCC(=O)NC3CCCc4ccccc43)c2c1C. The van der Waals surface area contributed by atoms with Gasteiger partial charge in [-0.3, -0.25) is 4.79 Å². The van der Waals surface area contributed by atoms with Gasteiger partial charge in [0, 0.05) is 4.88 Å². The lowest BCUT2D eigenvalue weighted by molar-refractivity contribution is -0.124. The van der Waals surface area contributed by atoms with Crippen molar-refractivity contribution >= 4 is 27.5 Å². The molecule has 0 fully saturated rings. The molecule has 1 aromatic carbocycles. The Morgan fingerprint density at radius 2 is 2.15 bits per heavy atom. The number of rotatable bonds is 4. The number of nitrogens with zero attached hydrogens (tertiary/aromatic N) is 2. The average molecular weight is 367 g/mol. The molecule has 4 rings (SSSR count). The monoisotopic (exact) mass is 367 g/mol. The van der Waals surface area contributed by atoms with E-state index in [2.05, 4.69) is 40.4 Å². The number of carbonyl (C=O) groups is 1. The number of ether oxygens (including phenoxy) is 1. The van der Waals surface area contributed by atoms with E-state index in [4.69, 9.17) is 4.74 Å². The number of benzene rings is 1. The number of hydrogen-bond donors (Lipinski definition) is 1. The molecule has 2 heterocycles. The van der Waals surface area contributed by atoms with E-state index >= 15 is 0 Å². The maximum absolute atomic E-state index is 12.4. The van der Waals surface area contributed by atoms with E-state index in [-0.39, 0.29) is 18.6 Å². The number of aromatic nitrogens is 2. The lowest BCUT2D eigenvalue weighted by Gasteiger charge is -2.26. The van der Waals surface area contributed by atoms with E-state index in [0.717, 1.165) is 35.0 Å². The third kappa shape index (κ3) is 3.17. The van der Waals surface area contributed by atoms with Gasteiger partial charge in [0.1, 0.15) is 11.2 Å². The zero-order valence-corrected chi connectivity index (χ0v) is 15.7. The quantitative estimate of drug-likeness (QED) is 0.760. The van der Waals surface area contributed by atoms with Gasteiger partial charge in [-0.15, -0.1) is 11.3 Å². The van der Waals surface area contributed by atoms with Crippen LogP contribution in [0.4, 0.5) is 0 Å². The summed E-state index contributed by atoms with van der Waals surface area (Å²) in [6.07, 6.45) is 4.61. The van der Waals surface area contributed by atoms with Crippen LogP contribution < -0.4 is 10.1 Å². The number of hydrogen-bond acceptors (Lipinski definition) is 5. The lowest BCUT2D eigenvalue weighted by atomic mass is 9.88. The molecule has 0 spiro atoms. The van der Waals surface area contributed by atoms with E-state index in [9.17, 15) is 4.79 Å². The second-order valence-corrected chi connectivity index (χ2v) is 7.85. The first kappa shape index (κ1) is 17.0. The Hall–Kier alpha value is -2.47. The fraction of sp³-hybridized carbons (Fsp3) is 0.350. The third-order valence-electron chi connectivity index (χ3n) is 4.98. The number of nitrogens with one attached hydrogen (secondary N) is 1. The minimum atomic E-state index is -0.122.